The Hall–Kier alpha value is -0.870. The average molecular weight is 315 g/mol. The smallest absolute Gasteiger partial charge is 0.0967 e. The predicted molar refractivity (Wildman–Crippen MR) is 73.1 cm³/mol. The molecule has 3 nitrogen and oxygen atoms in total. The van der Waals surface area contributed by atoms with E-state index in [0.717, 1.165) is 28.4 Å². The minimum Gasteiger partial charge on any atom is -0.220 e. The molecule has 1 aromatic carbocycles. The molecule has 0 aliphatic carbocycles. The van der Waals surface area contributed by atoms with Gasteiger partial charge >= 0.3 is 0 Å². The summed E-state index contributed by atoms with van der Waals surface area (Å²) in [5.41, 5.74) is 3.03. The van der Waals surface area contributed by atoms with Crippen LogP contribution in [0.15, 0.2) is 24.4 Å². The normalized spacial score (nSPS) is 12.7. The van der Waals surface area contributed by atoms with Crippen molar-refractivity contribution in [2.75, 3.05) is 0 Å². The van der Waals surface area contributed by atoms with Crippen molar-refractivity contribution in [3.05, 3.63) is 40.7 Å². The van der Waals surface area contributed by atoms with Crippen LogP contribution in [0.4, 0.5) is 0 Å². The molecule has 0 aliphatic rings. The molecule has 5 heteroatoms. The van der Waals surface area contributed by atoms with Crippen LogP contribution in [0.25, 0.3) is 5.69 Å². The van der Waals surface area contributed by atoms with Crippen LogP contribution < -0.4 is 0 Å². The van der Waals surface area contributed by atoms with Crippen molar-refractivity contribution < 1.29 is 0 Å². The quantitative estimate of drug-likeness (QED) is 0.799. The fourth-order valence-corrected chi connectivity index (χ4v) is 2.06. The number of nitrogens with zero attached hydrogens (tertiary/aromatic N) is 3. The van der Waals surface area contributed by atoms with E-state index < -0.39 is 0 Å². The first kappa shape index (κ1) is 12.6. The number of hydrogen-bond donors (Lipinski definition) is 0. The monoisotopic (exact) mass is 313 g/mol. The van der Waals surface area contributed by atoms with Crippen LogP contribution in [-0.2, 0) is 0 Å². The Labute approximate surface area is 114 Å². The molecule has 2 aromatic rings. The summed E-state index contributed by atoms with van der Waals surface area (Å²) in [6, 6.07) is 5.73. The second-order valence-electron chi connectivity index (χ2n) is 3.89. The van der Waals surface area contributed by atoms with Crippen molar-refractivity contribution in [2.45, 2.75) is 25.1 Å². The summed E-state index contributed by atoms with van der Waals surface area (Å²) in [6.07, 6.45) is 2.93. The third-order valence-corrected chi connectivity index (χ3v) is 3.95. The summed E-state index contributed by atoms with van der Waals surface area (Å²) in [4.78, 5) is 0.254. The van der Waals surface area contributed by atoms with E-state index in [1.165, 1.54) is 0 Å². The van der Waals surface area contributed by atoms with Crippen LogP contribution in [-0.4, -0.2) is 15.0 Å². The van der Waals surface area contributed by atoms with Crippen LogP contribution in [0.5, 0.6) is 0 Å². The van der Waals surface area contributed by atoms with Gasteiger partial charge in [0.15, 0.2) is 0 Å². The molecule has 0 saturated carbocycles. The SMILES string of the molecule is CCC(Br)c1cn(-c2ccc(Cl)cc2C)nn1. The molecule has 17 heavy (non-hydrogen) atoms. The minimum absolute atomic E-state index is 0.254. The average Bonchev–Trinajstić information content (AvgIpc) is 2.77. The molecular formula is C12H13BrClN3. The number of hydrogen-bond acceptors (Lipinski definition) is 2. The Morgan fingerprint density at radius 2 is 2.24 bits per heavy atom. The molecular weight excluding hydrogens is 302 g/mol. The molecule has 2 rings (SSSR count). The minimum atomic E-state index is 0.254. The maximum atomic E-state index is 5.93. The Bertz CT molecular complexity index is 524. The van der Waals surface area contributed by atoms with E-state index in [1.807, 2.05) is 31.3 Å². The van der Waals surface area contributed by atoms with E-state index in [9.17, 15) is 0 Å². The molecule has 90 valence electrons. The summed E-state index contributed by atoms with van der Waals surface area (Å²) in [5.74, 6) is 0. The summed E-state index contributed by atoms with van der Waals surface area (Å²) >= 11 is 9.49. The number of alkyl halides is 1. The Morgan fingerprint density at radius 1 is 1.47 bits per heavy atom. The first-order valence-corrected chi connectivity index (χ1v) is 6.74. The third-order valence-electron chi connectivity index (χ3n) is 2.60. The maximum Gasteiger partial charge on any atom is 0.0967 e. The molecule has 1 atom stereocenters. The summed E-state index contributed by atoms with van der Waals surface area (Å²) in [6.45, 7) is 4.11. The molecule has 0 fully saturated rings. The van der Waals surface area contributed by atoms with Crippen LogP contribution in [0.1, 0.15) is 29.4 Å². The molecule has 1 heterocycles. The van der Waals surface area contributed by atoms with Gasteiger partial charge < -0.3 is 0 Å². The van der Waals surface area contributed by atoms with E-state index in [4.69, 9.17) is 11.6 Å². The highest BCUT2D eigenvalue weighted by Gasteiger charge is 2.11. The fourth-order valence-electron chi connectivity index (χ4n) is 1.62. The Morgan fingerprint density at radius 3 is 2.88 bits per heavy atom. The van der Waals surface area contributed by atoms with Crippen LogP contribution in [0, 0.1) is 6.92 Å². The molecule has 1 unspecified atom stereocenters. The highest BCUT2D eigenvalue weighted by molar-refractivity contribution is 9.09. The highest BCUT2D eigenvalue weighted by Crippen LogP contribution is 2.25. The molecule has 1 aromatic heterocycles. The topological polar surface area (TPSA) is 30.7 Å². The Kier molecular flexibility index (Phi) is 3.84. The lowest BCUT2D eigenvalue weighted by Crippen LogP contribution is -1.97. The second-order valence-corrected chi connectivity index (χ2v) is 5.44. The molecule has 0 N–H and O–H groups in total. The van der Waals surface area contributed by atoms with E-state index >= 15 is 0 Å². The first-order valence-electron chi connectivity index (χ1n) is 5.44. The van der Waals surface area contributed by atoms with Gasteiger partial charge in [-0.05, 0) is 37.1 Å². The lowest BCUT2D eigenvalue weighted by atomic mass is 10.2. The number of halogens is 2. The first-order chi connectivity index (χ1) is 8.11. The summed E-state index contributed by atoms with van der Waals surface area (Å²) in [7, 11) is 0. The Balaban J connectivity index is 2.37. The zero-order chi connectivity index (χ0) is 12.4. The van der Waals surface area contributed by atoms with Gasteiger partial charge in [0.25, 0.3) is 0 Å². The molecule has 0 spiro atoms. The van der Waals surface area contributed by atoms with Gasteiger partial charge in [-0.25, -0.2) is 4.68 Å². The largest absolute Gasteiger partial charge is 0.220 e. The highest BCUT2D eigenvalue weighted by atomic mass is 79.9. The van der Waals surface area contributed by atoms with E-state index in [1.54, 1.807) is 4.68 Å². The molecule has 0 aliphatic heterocycles. The predicted octanol–water partition coefficient (Wildman–Crippen LogP) is 4.08. The lowest BCUT2D eigenvalue weighted by Gasteiger charge is -2.05. The van der Waals surface area contributed by atoms with Crippen LogP contribution in [0.2, 0.25) is 5.02 Å². The lowest BCUT2D eigenvalue weighted by molar-refractivity contribution is 0.787. The number of rotatable bonds is 3. The van der Waals surface area contributed by atoms with Crippen molar-refractivity contribution in [2.24, 2.45) is 0 Å². The van der Waals surface area contributed by atoms with Gasteiger partial charge in [-0.2, -0.15) is 0 Å². The number of benzene rings is 1. The number of aromatic nitrogens is 3. The third kappa shape index (κ3) is 2.69. The van der Waals surface area contributed by atoms with Gasteiger partial charge in [-0.1, -0.05) is 39.7 Å². The van der Waals surface area contributed by atoms with Crippen molar-refractivity contribution in [3.63, 3.8) is 0 Å². The maximum absolute atomic E-state index is 5.93. The van der Waals surface area contributed by atoms with Gasteiger partial charge in [-0.3, -0.25) is 0 Å². The zero-order valence-electron chi connectivity index (χ0n) is 9.69. The molecule has 0 radical (unpaired) electrons. The van der Waals surface area contributed by atoms with E-state index in [2.05, 4.69) is 33.2 Å². The van der Waals surface area contributed by atoms with Crippen LogP contribution in [0.3, 0.4) is 0 Å². The van der Waals surface area contributed by atoms with Crippen molar-refractivity contribution >= 4 is 27.5 Å². The molecule has 0 bridgehead atoms. The van der Waals surface area contributed by atoms with Gasteiger partial charge in [-0.15, -0.1) is 5.10 Å². The van der Waals surface area contributed by atoms with E-state index in [-0.39, 0.29) is 4.83 Å². The van der Waals surface area contributed by atoms with Crippen molar-refractivity contribution in [1.29, 1.82) is 0 Å². The summed E-state index contributed by atoms with van der Waals surface area (Å²) < 4.78 is 1.78. The standard InChI is InChI=1S/C12H13BrClN3/c1-3-10(13)11-7-17(16-15-11)12-5-4-9(14)6-8(12)2/h4-7,10H,3H2,1-2H3. The molecule has 0 saturated heterocycles. The van der Waals surface area contributed by atoms with Crippen molar-refractivity contribution in [3.8, 4) is 5.69 Å². The van der Waals surface area contributed by atoms with E-state index in [0.29, 0.717) is 0 Å². The van der Waals surface area contributed by atoms with Gasteiger partial charge in [0.2, 0.25) is 0 Å². The van der Waals surface area contributed by atoms with Gasteiger partial charge in [0.05, 0.1) is 22.4 Å². The molecule has 0 amide bonds. The second kappa shape index (κ2) is 5.19. The van der Waals surface area contributed by atoms with Crippen LogP contribution >= 0.6 is 27.5 Å². The zero-order valence-corrected chi connectivity index (χ0v) is 12.0. The summed E-state index contributed by atoms with van der Waals surface area (Å²) in [5, 5.41) is 9.03. The van der Waals surface area contributed by atoms with Gasteiger partial charge in [0, 0.05) is 5.02 Å². The van der Waals surface area contributed by atoms with Gasteiger partial charge in [0.1, 0.15) is 0 Å². The van der Waals surface area contributed by atoms with Crippen molar-refractivity contribution in [1.82, 2.24) is 15.0 Å². The fraction of sp³-hybridized carbons (Fsp3) is 0.333. The number of aryl methyl sites for hydroxylation is 1.